The van der Waals surface area contributed by atoms with E-state index >= 15 is 4.79 Å². The number of carbonyl (C=O) groups excluding carboxylic acids is 6. The number of amides is 3. The molecule has 2 N–H and O–H groups in total. The number of hydrogen-bond acceptors (Lipinski definition) is 16. The van der Waals surface area contributed by atoms with Crippen LogP contribution in [0.15, 0.2) is 181 Å². The Labute approximate surface area is 707 Å². The van der Waals surface area contributed by atoms with Crippen LogP contribution in [0.25, 0.3) is 0 Å². The number of hydrogen-bond donors (Lipinski definition) is 2. The molecule has 8 aromatic rings. The third-order valence-electron chi connectivity index (χ3n) is 22.7. The lowest BCUT2D eigenvalue weighted by atomic mass is 9.68. The minimum Gasteiger partial charge on any atom is -0.494 e. The number of halogens is 2. The number of nitrogens with one attached hydrogen (secondary N) is 2. The van der Waals surface area contributed by atoms with E-state index in [2.05, 4.69) is 63.2 Å². The summed E-state index contributed by atoms with van der Waals surface area (Å²) in [4.78, 5) is 114. The second-order valence-corrected chi connectivity index (χ2v) is 32.7. The smallest absolute Gasteiger partial charge is 0.337 e. The first-order valence-electron chi connectivity index (χ1n) is 42.7. The first-order chi connectivity index (χ1) is 57.5. The monoisotopic (exact) mass is 1640 g/mol. The van der Waals surface area contributed by atoms with Crippen molar-refractivity contribution < 1.29 is 47.7 Å². The number of esters is 1. The average molecular weight is 1640 g/mol. The van der Waals surface area contributed by atoms with E-state index in [1.807, 2.05) is 144 Å². The average Bonchev–Trinajstić information content (AvgIpc) is 0.927. The van der Waals surface area contributed by atoms with Crippen LogP contribution in [-0.4, -0.2) is 140 Å². The number of imidazole rings is 1. The predicted octanol–water partition coefficient (Wildman–Crippen LogP) is 19.1. The molecule has 626 valence electrons. The molecule has 1 aliphatic heterocycles. The van der Waals surface area contributed by atoms with Gasteiger partial charge in [-0.15, -0.1) is 0 Å². The SMILES string of the molecule is CCCCCC(=O)Cc1cccc(CN(Cc2cc(CN(CC3=NC=CC3)Cc3cccc(NC(=O)CCCCC)n3)cc(OCCCCN(Cc3ccc(C(=O)CCCOCCOCCN(Cc4ccc(C(=O)OC)cc4)C(=O)C4(c5ccc(Cl)cc5)CCCCC4)cc3)C(=O)C3(c4ccc(Cl)cc4)CCCCC3)c2)Cc2ncc[nH]2)n1. The Morgan fingerprint density at radius 1 is 0.508 bits per heavy atom. The van der Waals surface area contributed by atoms with Gasteiger partial charge < -0.3 is 39.0 Å². The highest BCUT2D eigenvalue weighted by Crippen LogP contribution is 2.44. The van der Waals surface area contributed by atoms with Gasteiger partial charge in [-0.2, -0.15) is 0 Å². The largest absolute Gasteiger partial charge is 0.494 e. The summed E-state index contributed by atoms with van der Waals surface area (Å²) in [6, 6.07) is 48.5. The standard InChI is InChI=1S/C96H118Cl2N10O10/c1-4-6-10-26-86(109)63-82-22-18-23-84(102-82)69-106(71-90-100-51-52-101-90)65-75-60-74(64-105(68-83-25-20-50-99-83)70-85-24-19-28-89(103-85)104-91(111)29-11-7-5-2)61-87(62-75)118-56-17-16-53-107(93(113)95(46-12-8-13-47-95)78-38-42-80(97)43-39-78)66-72-30-34-76(35-31-72)88(110)27-21-55-116-58-59-117-57-54-108(67-73-32-36-77(37-33-73)92(112)115-3)94(114)96(48-14-9-15-49-96)79-40-44-81(98)45-41-79/h18-20,22-24,28,30-45,50-52,60-62H,4-17,21,25-27,29,46-49,53-59,63-71H2,1-3H3,(H,100,101)(H,103,104,111). The lowest BCUT2D eigenvalue weighted by Gasteiger charge is -2.40. The maximum atomic E-state index is 15.7. The molecule has 3 amide bonds. The molecule has 11 rings (SSSR count). The Morgan fingerprint density at radius 2 is 1.08 bits per heavy atom. The van der Waals surface area contributed by atoms with Crippen molar-refractivity contribution in [3.63, 3.8) is 0 Å². The van der Waals surface area contributed by atoms with Crippen LogP contribution >= 0.6 is 23.2 Å². The number of aromatic nitrogens is 4. The number of nitrogens with zero attached hydrogens (tertiary/aromatic N) is 8. The fraction of sp³-hybridized carbons (Fsp3) is 0.458. The molecule has 0 radical (unpaired) electrons. The summed E-state index contributed by atoms with van der Waals surface area (Å²) in [6.45, 7) is 10.6. The molecule has 20 nitrogen and oxygen atoms in total. The number of rotatable bonds is 49. The van der Waals surface area contributed by atoms with E-state index in [0.29, 0.717) is 163 Å². The van der Waals surface area contributed by atoms with Gasteiger partial charge in [0.15, 0.2) is 5.78 Å². The van der Waals surface area contributed by atoms with E-state index in [4.69, 9.17) is 57.1 Å². The number of carbonyl (C=O) groups is 6. The van der Waals surface area contributed by atoms with Gasteiger partial charge in [-0.25, -0.2) is 14.8 Å². The maximum absolute atomic E-state index is 15.7. The fourth-order valence-electron chi connectivity index (χ4n) is 16.5. The highest BCUT2D eigenvalue weighted by molar-refractivity contribution is 6.30. The Bertz CT molecular complexity index is 4570. The number of ether oxygens (including phenoxy) is 4. The van der Waals surface area contributed by atoms with Crippen molar-refractivity contribution in [1.82, 2.24) is 39.5 Å². The molecule has 0 unspecified atom stereocenters. The van der Waals surface area contributed by atoms with Crippen LogP contribution in [0.5, 0.6) is 5.75 Å². The number of benzene rings is 5. The van der Waals surface area contributed by atoms with Crippen LogP contribution < -0.4 is 10.1 Å². The molecule has 22 heteroatoms. The van der Waals surface area contributed by atoms with E-state index in [-0.39, 0.29) is 42.3 Å². The second-order valence-electron chi connectivity index (χ2n) is 31.9. The quantitative estimate of drug-likeness (QED) is 0.0205. The highest BCUT2D eigenvalue weighted by atomic mass is 35.5. The number of Topliss-reactive ketones (excluding diaryl/α,β-unsaturated/α-hetero) is 2. The first-order valence-corrected chi connectivity index (χ1v) is 43.5. The zero-order valence-electron chi connectivity index (χ0n) is 69.2. The first kappa shape index (κ1) is 89.3. The highest BCUT2D eigenvalue weighted by Gasteiger charge is 2.45. The molecule has 2 fully saturated rings. The summed E-state index contributed by atoms with van der Waals surface area (Å²) in [5.41, 5.74) is 8.88. The normalized spacial score (nSPS) is 14.3. The zero-order chi connectivity index (χ0) is 82.7. The molecule has 2 saturated carbocycles. The number of H-pyrrole nitrogens is 1. The van der Waals surface area contributed by atoms with E-state index < -0.39 is 16.8 Å². The fourth-order valence-corrected chi connectivity index (χ4v) is 16.8. The van der Waals surface area contributed by atoms with E-state index in [9.17, 15) is 24.0 Å². The van der Waals surface area contributed by atoms with Crippen LogP contribution in [0.3, 0.4) is 0 Å². The van der Waals surface area contributed by atoms with Crippen molar-refractivity contribution in [2.45, 2.75) is 225 Å². The molecule has 3 aliphatic rings. The predicted molar refractivity (Wildman–Crippen MR) is 465 cm³/mol. The number of ketones is 2. The zero-order valence-corrected chi connectivity index (χ0v) is 70.7. The Hall–Kier alpha value is -9.54. The minimum atomic E-state index is -0.726. The van der Waals surface area contributed by atoms with Gasteiger partial charge in [-0.05, 0) is 164 Å². The molecular weight excluding hydrogens is 1520 g/mol. The van der Waals surface area contributed by atoms with Crippen molar-refractivity contribution in [2.75, 3.05) is 65.1 Å². The van der Waals surface area contributed by atoms with Crippen LogP contribution in [-0.2, 0) is 96.5 Å². The lowest BCUT2D eigenvalue weighted by molar-refractivity contribution is -0.141. The van der Waals surface area contributed by atoms with Gasteiger partial charge in [0.2, 0.25) is 17.7 Å². The van der Waals surface area contributed by atoms with Gasteiger partial charge >= 0.3 is 5.97 Å². The summed E-state index contributed by atoms with van der Waals surface area (Å²) in [5, 5.41) is 4.27. The van der Waals surface area contributed by atoms with Crippen molar-refractivity contribution in [3.8, 4) is 5.75 Å². The number of unbranched alkanes of at least 4 members (excludes halogenated alkanes) is 5. The number of aromatic amines is 1. The summed E-state index contributed by atoms with van der Waals surface area (Å²) in [5.74, 6) is 1.91. The third-order valence-corrected chi connectivity index (χ3v) is 23.2. The lowest BCUT2D eigenvalue weighted by Crippen LogP contribution is -2.48. The number of aliphatic imine (C=N–C) groups is 1. The van der Waals surface area contributed by atoms with Crippen molar-refractivity contribution >= 4 is 70.0 Å². The van der Waals surface area contributed by atoms with E-state index in [1.165, 1.54) is 7.11 Å². The van der Waals surface area contributed by atoms with Crippen molar-refractivity contribution in [2.24, 2.45) is 4.99 Å². The summed E-state index contributed by atoms with van der Waals surface area (Å²) in [6.07, 6.45) is 26.3. The molecule has 5 aromatic carbocycles. The van der Waals surface area contributed by atoms with E-state index in [0.717, 1.165) is 171 Å². The number of allylic oxidation sites excluding steroid dienone is 1. The van der Waals surface area contributed by atoms with E-state index in [1.54, 1.807) is 18.3 Å². The van der Waals surface area contributed by atoms with Gasteiger partial charge in [-0.3, -0.25) is 43.7 Å². The summed E-state index contributed by atoms with van der Waals surface area (Å²) in [7, 11) is 1.35. The Morgan fingerprint density at radius 3 is 1.66 bits per heavy atom. The van der Waals surface area contributed by atoms with Crippen LogP contribution in [0.1, 0.15) is 239 Å². The van der Waals surface area contributed by atoms with Gasteiger partial charge in [-0.1, -0.05) is 186 Å². The second kappa shape index (κ2) is 46.7. The molecule has 2 aliphatic carbocycles. The van der Waals surface area contributed by atoms with Gasteiger partial charge in [0.1, 0.15) is 23.2 Å². The van der Waals surface area contributed by atoms with Gasteiger partial charge in [0, 0.05) is 143 Å². The number of anilines is 1. The van der Waals surface area contributed by atoms with Gasteiger partial charge in [0.25, 0.3) is 0 Å². The summed E-state index contributed by atoms with van der Waals surface area (Å²) >= 11 is 12.8. The van der Waals surface area contributed by atoms with Crippen molar-refractivity contribution in [3.05, 3.63) is 254 Å². The van der Waals surface area contributed by atoms with Crippen molar-refractivity contribution in [1.29, 1.82) is 0 Å². The molecule has 0 atom stereocenters. The third kappa shape index (κ3) is 27.2. The van der Waals surface area contributed by atoms with Crippen LogP contribution in [0, 0.1) is 0 Å². The number of pyridine rings is 2. The Kier molecular flexibility index (Phi) is 35.3. The number of methoxy groups -OCH3 is 1. The van der Waals surface area contributed by atoms with Gasteiger partial charge in [0.05, 0.1) is 67.9 Å². The van der Waals surface area contributed by atoms with Crippen LogP contribution in [0.2, 0.25) is 10.0 Å². The molecule has 118 heavy (non-hydrogen) atoms. The molecule has 0 saturated heterocycles. The molecule has 4 heterocycles. The summed E-state index contributed by atoms with van der Waals surface area (Å²) < 4.78 is 23.9. The molecule has 0 bridgehead atoms. The minimum absolute atomic E-state index is 0.000418. The Balaban J connectivity index is 0.744. The molecular formula is C96H118Cl2N10O10. The molecule has 0 spiro atoms. The van der Waals surface area contributed by atoms with Crippen LogP contribution in [0.4, 0.5) is 5.82 Å². The topological polar surface area (TPSA) is 231 Å². The maximum Gasteiger partial charge on any atom is 0.337 e. The molecule has 3 aromatic heterocycles.